The van der Waals surface area contributed by atoms with Crippen molar-refractivity contribution in [1.29, 1.82) is 0 Å². The molecular formula is C27H23N5O. The Labute approximate surface area is 190 Å². The minimum absolute atomic E-state index is 0.0488. The Balaban J connectivity index is 1.40. The Kier molecular flexibility index (Phi) is 4.40. The summed E-state index contributed by atoms with van der Waals surface area (Å²) in [5.41, 5.74) is 8.00. The molecule has 0 aliphatic heterocycles. The molecule has 0 fully saturated rings. The lowest BCUT2D eigenvalue weighted by Gasteiger charge is -2.08. The smallest absolute Gasteiger partial charge is 0.261 e. The van der Waals surface area contributed by atoms with Gasteiger partial charge in [-0.2, -0.15) is 5.10 Å². The molecule has 4 aromatic heterocycles. The molecule has 0 amide bonds. The van der Waals surface area contributed by atoms with E-state index in [1.165, 1.54) is 16.5 Å². The van der Waals surface area contributed by atoms with Crippen molar-refractivity contribution < 1.29 is 0 Å². The average molecular weight is 434 g/mol. The molecule has 0 unspecified atom stereocenters. The third kappa shape index (κ3) is 3.14. The van der Waals surface area contributed by atoms with Gasteiger partial charge in [0.2, 0.25) is 0 Å². The van der Waals surface area contributed by atoms with E-state index < -0.39 is 0 Å². The number of aromatic amines is 1. The minimum atomic E-state index is -0.0488. The summed E-state index contributed by atoms with van der Waals surface area (Å²) in [6, 6.07) is 18.5. The van der Waals surface area contributed by atoms with Crippen LogP contribution in [-0.4, -0.2) is 24.1 Å². The number of H-pyrrole nitrogens is 1. The Hall–Kier alpha value is -4.19. The fraction of sp³-hybridized carbons (Fsp3) is 0.148. The first kappa shape index (κ1) is 19.5. The predicted octanol–water partition coefficient (Wildman–Crippen LogP) is 5.05. The number of benzene rings is 2. The normalized spacial score (nSPS) is 11.7. The molecule has 0 saturated heterocycles. The summed E-state index contributed by atoms with van der Waals surface area (Å²) in [6.45, 7) is 4.67. The molecule has 0 aliphatic carbocycles. The van der Waals surface area contributed by atoms with Crippen molar-refractivity contribution in [3.63, 3.8) is 0 Å². The van der Waals surface area contributed by atoms with Crippen molar-refractivity contribution in [1.82, 2.24) is 24.1 Å². The Morgan fingerprint density at radius 1 is 1.00 bits per heavy atom. The van der Waals surface area contributed by atoms with Gasteiger partial charge in [-0.3, -0.25) is 4.79 Å². The van der Waals surface area contributed by atoms with E-state index in [9.17, 15) is 4.79 Å². The van der Waals surface area contributed by atoms with E-state index in [4.69, 9.17) is 5.10 Å². The minimum Gasteiger partial charge on any atom is -0.361 e. The fourth-order valence-corrected chi connectivity index (χ4v) is 4.68. The molecular weight excluding hydrogens is 410 g/mol. The number of nitrogens with zero attached hydrogens (tertiary/aromatic N) is 4. The average Bonchev–Trinajstić information content (AvgIpc) is 3.38. The summed E-state index contributed by atoms with van der Waals surface area (Å²) >= 11 is 0. The second-order valence-electron chi connectivity index (χ2n) is 8.55. The largest absolute Gasteiger partial charge is 0.361 e. The van der Waals surface area contributed by atoms with Crippen molar-refractivity contribution in [2.75, 3.05) is 0 Å². The molecule has 0 saturated carbocycles. The van der Waals surface area contributed by atoms with Gasteiger partial charge in [0.25, 0.3) is 5.56 Å². The number of hydrogen-bond acceptors (Lipinski definition) is 3. The molecule has 0 radical (unpaired) electrons. The standard InChI is InChI=1S/C27H23N5O/c1-17-8-9-23-21(14-17)20(15-28-23)10-12-31-13-11-24-22(27(31)33)16-29-26-25(18(2)30-32(24)26)19-6-4-3-5-7-19/h3-9,11,13-16,28H,10,12H2,1-2H3. The maximum absolute atomic E-state index is 13.3. The number of aromatic nitrogens is 5. The van der Waals surface area contributed by atoms with E-state index in [-0.39, 0.29) is 5.56 Å². The van der Waals surface area contributed by atoms with E-state index in [2.05, 4.69) is 47.2 Å². The monoisotopic (exact) mass is 433 g/mol. The summed E-state index contributed by atoms with van der Waals surface area (Å²) in [5, 5.41) is 6.51. The highest BCUT2D eigenvalue weighted by Gasteiger charge is 2.16. The highest BCUT2D eigenvalue weighted by Crippen LogP contribution is 2.28. The van der Waals surface area contributed by atoms with E-state index >= 15 is 0 Å². The number of pyridine rings is 1. The number of nitrogens with one attached hydrogen (secondary N) is 1. The molecule has 0 aliphatic rings. The third-order valence-corrected chi connectivity index (χ3v) is 6.37. The highest BCUT2D eigenvalue weighted by molar-refractivity contribution is 5.86. The topological polar surface area (TPSA) is 68.0 Å². The molecule has 0 bridgehead atoms. The lowest BCUT2D eigenvalue weighted by Crippen LogP contribution is -2.21. The second-order valence-corrected chi connectivity index (χ2v) is 8.55. The van der Waals surface area contributed by atoms with Crippen LogP contribution in [-0.2, 0) is 13.0 Å². The molecule has 6 rings (SSSR count). The molecule has 4 heterocycles. The molecule has 2 aromatic carbocycles. The van der Waals surface area contributed by atoms with E-state index in [1.54, 1.807) is 15.3 Å². The van der Waals surface area contributed by atoms with Crippen molar-refractivity contribution in [3.8, 4) is 11.1 Å². The zero-order valence-electron chi connectivity index (χ0n) is 18.5. The van der Waals surface area contributed by atoms with Crippen LogP contribution < -0.4 is 5.56 Å². The first-order chi connectivity index (χ1) is 16.1. The van der Waals surface area contributed by atoms with E-state index in [0.29, 0.717) is 11.9 Å². The fourth-order valence-electron chi connectivity index (χ4n) is 4.68. The van der Waals surface area contributed by atoms with Crippen LogP contribution in [0.3, 0.4) is 0 Å². The van der Waals surface area contributed by atoms with Crippen molar-refractivity contribution >= 4 is 27.5 Å². The first-order valence-corrected chi connectivity index (χ1v) is 11.1. The zero-order chi connectivity index (χ0) is 22.5. The van der Waals surface area contributed by atoms with Gasteiger partial charge in [-0.15, -0.1) is 0 Å². The molecule has 0 atom stereocenters. The number of hydrogen-bond donors (Lipinski definition) is 1. The Morgan fingerprint density at radius 2 is 1.85 bits per heavy atom. The van der Waals surface area contributed by atoms with Gasteiger partial charge in [0, 0.05) is 41.6 Å². The van der Waals surface area contributed by atoms with Crippen LogP contribution in [0.2, 0.25) is 0 Å². The van der Waals surface area contributed by atoms with E-state index in [0.717, 1.165) is 39.9 Å². The summed E-state index contributed by atoms with van der Waals surface area (Å²) < 4.78 is 3.56. The van der Waals surface area contributed by atoms with Gasteiger partial charge >= 0.3 is 0 Å². The van der Waals surface area contributed by atoms with Gasteiger partial charge in [0.1, 0.15) is 0 Å². The molecule has 33 heavy (non-hydrogen) atoms. The van der Waals surface area contributed by atoms with Gasteiger partial charge < -0.3 is 9.55 Å². The van der Waals surface area contributed by atoms with Gasteiger partial charge in [-0.25, -0.2) is 9.50 Å². The van der Waals surface area contributed by atoms with Crippen LogP contribution in [0.4, 0.5) is 0 Å². The van der Waals surface area contributed by atoms with Crippen molar-refractivity contribution in [2.24, 2.45) is 0 Å². The summed E-state index contributed by atoms with van der Waals surface area (Å²) in [6.07, 6.45) is 6.36. The molecule has 6 heteroatoms. The van der Waals surface area contributed by atoms with Gasteiger partial charge in [0.15, 0.2) is 5.65 Å². The molecule has 6 aromatic rings. The van der Waals surface area contributed by atoms with Gasteiger partial charge in [0.05, 0.1) is 16.6 Å². The molecule has 162 valence electrons. The summed E-state index contributed by atoms with van der Waals surface area (Å²) in [4.78, 5) is 21.3. The predicted molar refractivity (Wildman–Crippen MR) is 132 cm³/mol. The zero-order valence-corrected chi connectivity index (χ0v) is 18.5. The van der Waals surface area contributed by atoms with Crippen LogP contribution in [0.25, 0.3) is 38.6 Å². The maximum atomic E-state index is 13.3. The lowest BCUT2D eigenvalue weighted by molar-refractivity contribution is 0.676. The molecule has 6 nitrogen and oxygen atoms in total. The summed E-state index contributed by atoms with van der Waals surface area (Å²) in [5.74, 6) is 0. The van der Waals surface area contributed by atoms with Crippen molar-refractivity contribution in [3.05, 3.63) is 100 Å². The molecule has 0 spiro atoms. The number of aryl methyl sites for hydroxylation is 4. The quantitative estimate of drug-likeness (QED) is 0.423. The first-order valence-electron chi connectivity index (χ1n) is 11.1. The van der Waals surface area contributed by atoms with Crippen LogP contribution in [0.5, 0.6) is 0 Å². The van der Waals surface area contributed by atoms with Crippen LogP contribution in [0.1, 0.15) is 16.8 Å². The van der Waals surface area contributed by atoms with Crippen LogP contribution in [0.15, 0.2) is 78.0 Å². The van der Waals surface area contributed by atoms with Gasteiger partial charge in [-0.05, 0) is 49.6 Å². The maximum Gasteiger partial charge on any atom is 0.261 e. The Morgan fingerprint density at radius 3 is 2.70 bits per heavy atom. The SMILES string of the molecule is Cc1ccc2[nH]cc(CCn3ccc4c(cnc5c(-c6ccccc6)c(C)nn54)c3=O)c2c1. The summed E-state index contributed by atoms with van der Waals surface area (Å²) in [7, 11) is 0. The number of rotatable bonds is 4. The van der Waals surface area contributed by atoms with Gasteiger partial charge in [-0.1, -0.05) is 42.0 Å². The number of fused-ring (bicyclic) bond motifs is 4. The van der Waals surface area contributed by atoms with Crippen molar-refractivity contribution in [2.45, 2.75) is 26.8 Å². The second kappa shape index (κ2) is 7.45. The van der Waals surface area contributed by atoms with Crippen LogP contribution in [0, 0.1) is 13.8 Å². The van der Waals surface area contributed by atoms with E-state index in [1.807, 2.05) is 43.6 Å². The Bertz CT molecular complexity index is 1710. The lowest BCUT2D eigenvalue weighted by atomic mass is 10.1. The van der Waals surface area contributed by atoms with Crippen LogP contribution >= 0.6 is 0 Å². The highest BCUT2D eigenvalue weighted by atomic mass is 16.1. The third-order valence-electron chi connectivity index (χ3n) is 6.37. The molecule has 1 N–H and O–H groups in total.